The molecule has 0 aliphatic carbocycles. The first-order valence-electron chi connectivity index (χ1n) is 9.56. The van der Waals surface area contributed by atoms with Crippen molar-refractivity contribution in [2.45, 2.75) is 23.8 Å². The number of carbonyl (C=O) groups excluding carboxylic acids is 1. The second-order valence-electron chi connectivity index (χ2n) is 7.90. The summed E-state index contributed by atoms with van der Waals surface area (Å²) in [5, 5.41) is 0. The van der Waals surface area contributed by atoms with Gasteiger partial charge in [-0.3, -0.25) is 9.69 Å². The molecule has 1 atom stereocenters. The van der Waals surface area contributed by atoms with Gasteiger partial charge in [0.05, 0.1) is 17.0 Å². The van der Waals surface area contributed by atoms with Gasteiger partial charge in [0.15, 0.2) is 0 Å². The predicted molar refractivity (Wildman–Crippen MR) is 109 cm³/mol. The Balaban J connectivity index is 1.61. The summed E-state index contributed by atoms with van der Waals surface area (Å²) in [5.41, 5.74) is 0.748. The Kier molecular flexibility index (Phi) is 4.96. The fourth-order valence-electron chi connectivity index (χ4n) is 4.15. The van der Waals surface area contributed by atoms with Crippen molar-refractivity contribution in [3.05, 3.63) is 59.9 Å². The van der Waals surface area contributed by atoms with Crippen LogP contribution in [0.3, 0.4) is 0 Å². The van der Waals surface area contributed by atoms with Crippen molar-refractivity contribution in [3.8, 4) is 0 Å². The van der Waals surface area contributed by atoms with E-state index < -0.39 is 21.4 Å². The summed E-state index contributed by atoms with van der Waals surface area (Å²) >= 11 is 0. The van der Waals surface area contributed by atoms with Gasteiger partial charge in [0, 0.05) is 25.3 Å². The highest BCUT2D eigenvalue weighted by atomic mass is 32.2. The van der Waals surface area contributed by atoms with Crippen LogP contribution in [0.4, 0.5) is 10.1 Å². The number of hydrogen-bond donors (Lipinski definition) is 0. The second kappa shape index (κ2) is 7.19. The lowest BCUT2D eigenvalue weighted by Crippen LogP contribution is -2.64. The Labute approximate surface area is 170 Å². The Bertz CT molecular complexity index is 1040. The molecule has 1 spiro atoms. The van der Waals surface area contributed by atoms with Gasteiger partial charge >= 0.3 is 0 Å². The predicted octanol–water partition coefficient (Wildman–Crippen LogP) is 2.25. The van der Waals surface area contributed by atoms with Crippen molar-refractivity contribution >= 4 is 21.6 Å². The van der Waals surface area contributed by atoms with E-state index in [0.29, 0.717) is 25.1 Å². The molecular formula is C21H24FN3O3S. The Morgan fingerprint density at radius 2 is 1.79 bits per heavy atom. The molecule has 2 saturated heterocycles. The molecule has 2 aliphatic rings. The minimum Gasteiger partial charge on any atom is -0.309 e. The fourth-order valence-corrected chi connectivity index (χ4v) is 5.68. The lowest BCUT2D eigenvalue weighted by Gasteiger charge is -2.46. The van der Waals surface area contributed by atoms with Gasteiger partial charge in [0.2, 0.25) is 15.9 Å². The summed E-state index contributed by atoms with van der Waals surface area (Å²) in [6.45, 7) is 2.84. The maximum absolute atomic E-state index is 14.0. The van der Waals surface area contributed by atoms with E-state index in [1.807, 2.05) is 42.3 Å². The maximum Gasteiger partial charge on any atom is 0.243 e. The highest BCUT2D eigenvalue weighted by Gasteiger charge is 2.50. The molecule has 0 bridgehead atoms. The van der Waals surface area contributed by atoms with E-state index in [-0.39, 0.29) is 23.9 Å². The van der Waals surface area contributed by atoms with E-state index >= 15 is 0 Å². The molecule has 0 aromatic heterocycles. The Morgan fingerprint density at radius 3 is 2.48 bits per heavy atom. The first kappa shape index (κ1) is 20.0. The fraction of sp³-hybridized carbons (Fsp3) is 0.381. The monoisotopic (exact) mass is 417 g/mol. The molecule has 2 heterocycles. The zero-order valence-electron chi connectivity index (χ0n) is 16.5. The maximum atomic E-state index is 14.0. The van der Waals surface area contributed by atoms with Gasteiger partial charge in [-0.1, -0.05) is 24.3 Å². The Morgan fingerprint density at radius 1 is 1.07 bits per heavy atom. The summed E-state index contributed by atoms with van der Waals surface area (Å²) < 4.78 is 41.6. The summed E-state index contributed by atoms with van der Waals surface area (Å²) in [4.78, 5) is 16.3. The number of carbonyl (C=O) groups is 1. The molecule has 154 valence electrons. The van der Waals surface area contributed by atoms with Crippen molar-refractivity contribution < 1.29 is 17.6 Å². The molecular weight excluding hydrogens is 393 g/mol. The largest absolute Gasteiger partial charge is 0.309 e. The SMILES string of the molecule is Cc1ccc(S(=O)(=O)N2CC[C@]3(CN(c4ccccc4)C(=O)CN3C)C2)cc1F. The topological polar surface area (TPSA) is 60.9 Å². The smallest absolute Gasteiger partial charge is 0.243 e. The molecule has 0 N–H and O–H groups in total. The number of hydrogen-bond acceptors (Lipinski definition) is 4. The molecule has 4 rings (SSSR count). The van der Waals surface area contributed by atoms with Gasteiger partial charge in [-0.2, -0.15) is 4.31 Å². The van der Waals surface area contributed by atoms with Crippen LogP contribution in [-0.4, -0.2) is 62.3 Å². The molecule has 2 aromatic rings. The molecule has 2 aliphatic heterocycles. The molecule has 8 heteroatoms. The Hall–Kier alpha value is -2.29. The van der Waals surface area contributed by atoms with Gasteiger partial charge in [-0.05, 0) is 50.2 Å². The number of amides is 1. The highest BCUT2D eigenvalue weighted by Crippen LogP contribution is 2.35. The zero-order chi connectivity index (χ0) is 20.8. The normalized spacial score (nSPS) is 23.8. The van der Waals surface area contributed by atoms with Gasteiger partial charge < -0.3 is 4.90 Å². The molecule has 0 radical (unpaired) electrons. The molecule has 0 saturated carbocycles. The second-order valence-corrected chi connectivity index (χ2v) is 9.83. The molecule has 2 aromatic carbocycles. The van der Waals surface area contributed by atoms with E-state index in [1.54, 1.807) is 11.8 Å². The van der Waals surface area contributed by atoms with Gasteiger partial charge in [-0.15, -0.1) is 0 Å². The van der Waals surface area contributed by atoms with Crippen LogP contribution in [0, 0.1) is 12.7 Å². The summed E-state index contributed by atoms with van der Waals surface area (Å²) in [6, 6.07) is 13.4. The standard InChI is InChI=1S/C21H24FN3O3S/c1-16-8-9-18(12-19(16)22)29(27,28)24-11-10-21(14-24)15-25(20(26)13-23(21)2)17-6-4-3-5-7-17/h3-9,12H,10-11,13-15H2,1-2H3/t21-/m1/s1. The van der Waals surface area contributed by atoms with Crippen molar-refractivity contribution in [3.63, 3.8) is 0 Å². The zero-order valence-corrected chi connectivity index (χ0v) is 17.3. The number of rotatable bonds is 3. The average Bonchev–Trinajstić information content (AvgIpc) is 3.14. The van der Waals surface area contributed by atoms with Crippen molar-refractivity contribution in [1.82, 2.24) is 9.21 Å². The molecule has 0 unspecified atom stereocenters. The molecule has 29 heavy (non-hydrogen) atoms. The third-order valence-corrected chi connectivity index (χ3v) is 7.92. The van der Waals surface area contributed by atoms with Crippen molar-refractivity contribution in [2.24, 2.45) is 0 Å². The molecule has 6 nitrogen and oxygen atoms in total. The van der Waals surface area contributed by atoms with E-state index in [0.717, 1.165) is 11.8 Å². The van der Waals surface area contributed by atoms with Crippen LogP contribution >= 0.6 is 0 Å². The van der Waals surface area contributed by atoms with Crippen LogP contribution in [0.1, 0.15) is 12.0 Å². The quantitative estimate of drug-likeness (QED) is 0.769. The van der Waals surface area contributed by atoms with Gasteiger partial charge in [-0.25, -0.2) is 12.8 Å². The third-order valence-electron chi connectivity index (χ3n) is 6.08. The van der Waals surface area contributed by atoms with Crippen LogP contribution in [0.25, 0.3) is 0 Å². The molecule has 1 amide bonds. The summed E-state index contributed by atoms with van der Waals surface area (Å²) in [5.74, 6) is -0.540. The number of likely N-dealkylation sites (N-methyl/N-ethyl adjacent to an activating group) is 1. The van der Waals surface area contributed by atoms with Crippen molar-refractivity contribution in [2.75, 3.05) is 38.1 Å². The van der Waals surface area contributed by atoms with Crippen LogP contribution in [0.2, 0.25) is 0 Å². The minimum absolute atomic E-state index is 0.00811. The van der Waals surface area contributed by atoms with Crippen LogP contribution in [0.5, 0.6) is 0 Å². The van der Waals surface area contributed by atoms with Gasteiger partial charge in [0.1, 0.15) is 5.82 Å². The van der Waals surface area contributed by atoms with Gasteiger partial charge in [0.25, 0.3) is 0 Å². The van der Waals surface area contributed by atoms with E-state index in [4.69, 9.17) is 0 Å². The molecule has 2 fully saturated rings. The lowest BCUT2D eigenvalue weighted by atomic mass is 9.92. The average molecular weight is 418 g/mol. The number of sulfonamides is 1. The summed E-state index contributed by atoms with van der Waals surface area (Å²) in [6.07, 6.45) is 0.605. The van der Waals surface area contributed by atoms with Crippen LogP contribution in [0.15, 0.2) is 53.4 Å². The number of nitrogens with zero attached hydrogens (tertiary/aromatic N) is 3. The minimum atomic E-state index is -3.81. The van der Waals surface area contributed by atoms with Crippen LogP contribution in [-0.2, 0) is 14.8 Å². The number of piperazine rings is 1. The first-order chi connectivity index (χ1) is 13.7. The number of aryl methyl sites for hydroxylation is 1. The van der Waals surface area contributed by atoms with Crippen LogP contribution < -0.4 is 4.90 Å². The van der Waals surface area contributed by atoms with E-state index in [1.165, 1.54) is 16.4 Å². The van der Waals surface area contributed by atoms with E-state index in [2.05, 4.69) is 0 Å². The van der Waals surface area contributed by atoms with E-state index in [9.17, 15) is 17.6 Å². The number of para-hydroxylation sites is 1. The lowest BCUT2D eigenvalue weighted by molar-refractivity contribution is -0.123. The third kappa shape index (κ3) is 3.45. The summed E-state index contributed by atoms with van der Waals surface area (Å²) in [7, 11) is -1.95. The highest BCUT2D eigenvalue weighted by molar-refractivity contribution is 7.89. The number of anilines is 1. The van der Waals surface area contributed by atoms with Crippen molar-refractivity contribution in [1.29, 1.82) is 0 Å². The number of benzene rings is 2. The number of halogens is 1. The first-order valence-corrected chi connectivity index (χ1v) is 11.0.